The minimum atomic E-state index is -1.02. The fourth-order valence-electron chi connectivity index (χ4n) is 1.79. The zero-order valence-electron chi connectivity index (χ0n) is 9.73. The van der Waals surface area contributed by atoms with Crippen LogP contribution >= 0.6 is 35.0 Å². The van der Waals surface area contributed by atoms with Crippen LogP contribution in [0, 0.1) is 0 Å². The van der Waals surface area contributed by atoms with Crippen LogP contribution in [0.4, 0.5) is 0 Å². The maximum absolute atomic E-state index is 11.9. The van der Waals surface area contributed by atoms with Crippen molar-refractivity contribution in [3.05, 3.63) is 33.8 Å². The lowest BCUT2D eigenvalue weighted by Crippen LogP contribution is -2.51. The number of carbonyl (C=O) groups excluding carboxylic acids is 1. The van der Waals surface area contributed by atoms with E-state index in [1.807, 2.05) is 0 Å². The van der Waals surface area contributed by atoms with Crippen LogP contribution in [0.1, 0.15) is 5.56 Å². The third-order valence-corrected chi connectivity index (χ3v) is 4.84. The molecular formula is C12H11Cl2NO3S. The molecule has 1 fully saturated rings. The lowest BCUT2D eigenvalue weighted by atomic mass is 10.1. The summed E-state index contributed by atoms with van der Waals surface area (Å²) in [6.07, 6.45) is 0.390. The van der Waals surface area contributed by atoms with Gasteiger partial charge in [0, 0.05) is 15.8 Å². The molecule has 0 aromatic heterocycles. The third kappa shape index (κ3) is 3.35. The van der Waals surface area contributed by atoms with Crippen LogP contribution in [-0.4, -0.2) is 34.0 Å². The first-order chi connectivity index (χ1) is 8.99. The average molecular weight is 320 g/mol. The van der Waals surface area contributed by atoms with Crippen LogP contribution in [0.25, 0.3) is 0 Å². The predicted molar refractivity (Wildman–Crippen MR) is 76.0 cm³/mol. The molecule has 19 heavy (non-hydrogen) atoms. The molecule has 2 atom stereocenters. The lowest BCUT2D eigenvalue weighted by molar-refractivity contribution is -0.141. The van der Waals surface area contributed by atoms with Crippen molar-refractivity contribution < 1.29 is 14.7 Å². The van der Waals surface area contributed by atoms with Crippen molar-refractivity contribution in [2.75, 3.05) is 5.75 Å². The summed E-state index contributed by atoms with van der Waals surface area (Å²) in [5.41, 5.74) is 0.715. The van der Waals surface area contributed by atoms with Gasteiger partial charge in [0.15, 0.2) is 0 Å². The molecule has 102 valence electrons. The zero-order valence-corrected chi connectivity index (χ0v) is 12.1. The monoisotopic (exact) mass is 319 g/mol. The molecule has 1 aromatic carbocycles. The number of carboxylic acid groups (broad SMARTS) is 1. The van der Waals surface area contributed by atoms with Crippen LogP contribution in [0.3, 0.4) is 0 Å². The summed E-state index contributed by atoms with van der Waals surface area (Å²) in [7, 11) is 0. The number of hydrogen-bond donors (Lipinski definition) is 2. The van der Waals surface area contributed by atoms with Crippen LogP contribution in [0.2, 0.25) is 10.0 Å². The molecule has 1 aromatic rings. The van der Waals surface area contributed by atoms with Gasteiger partial charge in [-0.3, -0.25) is 4.79 Å². The standard InChI is InChI=1S/C12H11Cl2NO3S/c13-7-2-1-3-8(14)6(7)4-10-11(16)15-9(5-19-10)12(17)18/h1-3,9-10H,4-5H2,(H,15,16)(H,17,18). The zero-order chi connectivity index (χ0) is 14.0. The Kier molecular flexibility index (Phi) is 4.60. The second kappa shape index (κ2) is 6.03. The first-order valence-corrected chi connectivity index (χ1v) is 7.37. The van der Waals surface area contributed by atoms with E-state index in [-0.39, 0.29) is 11.2 Å². The molecule has 1 aliphatic heterocycles. The van der Waals surface area contributed by atoms with Gasteiger partial charge in [-0.05, 0) is 24.1 Å². The van der Waals surface area contributed by atoms with Gasteiger partial charge in [-0.2, -0.15) is 0 Å². The number of amides is 1. The van der Waals surface area contributed by atoms with Crippen molar-refractivity contribution in [2.45, 2.75) is 17.7 Å². The topological polar surface area (TPSA) is 66.4 Å². The van der Waals surface area contributed by atoms with E-state index in [0.29, 0.717) is 27.8 Å². The summed E-state index contributed by atoms with van der Waals surface area (Å²) < 4.78 is 0. The summed E-state index contributed by atoms with van der Waals surface area (Å²) in [5.74, 6) is -0.969. The Morgan fingerprint density at radius 1 is 1.42 bits per heavy atom. The van der Waals surface area contributed by atoms with E-state index in [0.717, 1.165) is 0 Å². The summed E-state index contributed by atoms with van der Waals surface area (Å²) in [5, 5.41) is 12.0. The van der Waals surface area contributed by atoms with Crippen molar-refractivity contribution in [1.82, 2.24) is 5.32 Å². The highest BCUT2D eigenvalue weighted by Gasteiger charge is 2.32. The molecule has 1 amide bonds. The highest BCUT2D eigenvalue weighted by Crippen LogP contribution is 2.30. The summed E-state index contributed by atoms with van der Waals surface area (Å²) in [6.45, 7) is 0. The van der Waals surface area contributed by atoms with E-state index in [1.54, 1.807) is 18.2 Å². The molecule has 1 aliphatic rings. The van der Waals surface area contributed by atoms with E-state index in [1.165, 1.54) is 11.8 Å². The van der Waals surface area contributed by atoms with Crippen molar-refractivity contribution in [3.63, 3.8) is 0 Å². The Morgan fingerprint density at radius 3 is 2.58 bits per heavy atom. The van der Waals surface area contributed by atoms with Crippen LogP contribution in [-0.2, 0) is 16.0 Å². The number of rotatable bonds is 3. The van der Waals surface area contributed by atoms with Gasteiger partial charge in [-0.1, -0.05) is 29.3 Å². The number of aliphatic carboxylic acids is 1. The van der Waals surface area contributed by atoms with Crippen molar-refractivity contribution >= 4 is 46.8 Å². The molecule has 2 rings (SSSR count). The fourth-order valence-corrected chi connectivity index (χ4v) is 3.50. The quantitative estimate of drug-likeness (QED) is 0.896. The first kappa shape index (κ1) is 14.5. The molecular weight excluding hydrogens is 309 g/mol. The van der Waals surface area contributed by atoms with Crippen molar-refractivity contribution in [2.24, 2.45) is 0 Å². The predicted octanol–water partition coefficient (Wildman–Crippen LogP) is 2.22. The molecule has 1 heterocycles. The van der Waals surface area contributed by atoms with Gasteiger partial charge < -0.3 is 10.4 Å². The molecule has 0 radical (unpaired) electrons. The minimum absolute atomic E-state index is 0.292. The number of nitrogens with one attached hydrogen (secondary N) is 1. The van der Waals surface area contributed by atoms with Gasteiger partial charge in [0.1, 0.15) is 6.04 Å². The Hall–Kier alpha value is -0.910. The largest absolute Gasteiger partial charge is 0.480 e. The Labute approximate surface area is 124 Å². The second-order valence-corrected chi connectivity index (χ2v) is 6.18. The SMILES string of the molecule is O=C(O)C1CSC(Cc2c(Cl)cccc2Cl)C(=O)N1. The number of carbonyl (C=O) groups is 2. The summed E-state index contributed by atoms with van der Waals surface area (Å²) in [4.78, 5) is 22.7. The number of thioether (sulfide) groups is 1. The highest BCUT2D eigenvalue weighted by molar-refractivity contribution is 8.00. The van der Waals surface area contributed by atoms with Crippen LogP contribution < -0.4 is 5.32 Å². The maximum atomic E-state index is 11.9. The van der Waals surface area contributed by atoms with E-state index in [2.05, 4.69) is 5.32 Å². The number of benzene rings is 1. The van der Waals surface area contributed by atoms with Gasteiger partial charge in [0.05, 0.1) is 5.25 Å². The van der Waals surface area contributed by atoms with Gasteiger partial charge in [-0.15, -0.1) is 11.8 Å². The fraction of sp³-hybridized carbons (Fsp3) is 0.333. The lowest BCUT2D eigenvalue weighted by Gasteiger charge is -2.26. The normalized spacial score (nSPS) is 22.9. The second-order valence-electron chi connectivity index (χ2n) is 4.13. The van der Waals surface area contributed by atoms with Crippen molar-refractivity contribution in [3.8, 4) is 0 Å². The number of halogens is 2. The summed E-state index contributed by atoms with van der Waals surface area (Å²) in [6, 6.07) is 4.35. The van der Waals surface area contributed by atoms with Gasteiger partial charge in [0.25, 0.3) is 0 Å². The molecule has 1 saturated heterocycles. The average Bonchev–Trinajstić information content (AvgIpc) is 2.35. The van der Waals surface area contributed by atoms with Crippen molar-refractivity contribution in [1.29, 1.82) is 0 Å². The molecule has 7 heteroatoms. The van der Waals surface area contributed by atoms with E-state index in [4.69, 9.17) is 28.3 Å². The molecule has 2 N–H and O–H groups in total. The molecule has 0 aliphatic carbocycles. The Morgan fingerprint density at radius 2 is 2.05 bits per heavy atom. The molecule has 0 saturated carbocycles. The van der Waals surface area contributed by atoms with E-state index < -0.39 is 12.0 Å². The van der Waals surface area contributed by atoms with E-state index >= 15 is 0 Å². The van der Waals surface area contributed by atoms with Crippen LogP contribution in [0.15, 0.2) is 18.2 Å². The number of hydrogen-bond acceptors (Lipinski definition) is 3. The molecule has 0 spiro atoms. The smallest absolute Gasteiger partial charge is 0.327 e. The van der Waals surface area contributed by atoms with Gasteiger partial charge >= 0.3 is 5.97 Å². The Bertz CT molecular complexity index is 503. The van der Waals surface area contributed by atoms with Gasteiger partial charge in [0.2, 0.25) is 5.91 Å². The first-order valence-electron chi connectivity index (χ1n) is 5.56. The van der Waals surface area contributed by atoms with E-state index in [9.17, 15) is 9.59 Å². The number of carboxylic acids is 1. The Balaban J connectivity index is 2.09. The third-order valence-electron chi connectivity index (χ3n) is 2.82. The van der Waals surface area contributed by atoms with Crippen LogP contribution in [0.5, 0.6) is 0 Å². The molecule has 0 bridgehead atoms. The minimum Gasteiger partial charge on any atom is -0.480 e. The highest BCUT2D eigenvalue weighted by atomic mass is 35.5. The van der Waals surface area contributed by atoms with Gasteiger partial charge in [-0.25, -0.2) is 4.79 Å². The maximum Gasteiger partial charge on any atom is 0.327 e. The molecule has 4 nitrogen and oxygen atoms in total. The summed E-state index contributed by atoms with van der Waals surface area (Å²) >= 11 is 13.4. The molecule has 2 unspecified atom stereocenters.